The van der Waals surface area contributed by atoms with Gasteiger partial charge in [0.2, 0.25) is 5.91 Å². The zero-order valence-electron chi connectivity index (χ0n) is 14.0. The van der Waals surface area contributed by atoms with Gasteiger partial charge in [-0.1, -0.05) is 36.4 Å². The molecular formula is C20H17N3O2S. The van der Waals surface area contributed by atoms with Crippen LogP contribution in [0.25, 0.3) is 0 Å². The van der Waals surface area contributed by atoms with Crippen molar-refractivity contribution in [3.63, 3.8) is 0 Å². The van der Waals surface area contributed by atoms with Gasteiger partial charge in [0.1, 0.15) is 5.82 Å². The topological polar surface area (TPSA) is 62.3 Å². The van der Waals surface area contributed by atoms with Crippen molar-refractivity contribution in [2.75, 3.05) is 16.8 Å². The number of anilines is 2. The molecule has 1 saturated heterocycles. The minimum Gasteiger partial charge on any atom is -0.312 e. The third kappa shape index (κ3) is 3.36. The number of aromatic nitrogens is 1. The van der Waals surface area contributed by atoms with Crippen LogP contribution in [0.4, 0.5) is 11.5 Å². The summed E-state index contributed by atoms with van der Waals surface area (Å²) >= 11 is 1.37. The van der Waals surface area contributed by atoms with Crippen molar-refractivity contribution in [3.8, 4) is 0 Å². The molecular weight excluding hydrogens is 346 g/mol. The highest BCUT2D eigenvalue weighted by Crippen LogP contribution is 2.32. The average Bonchev–Trinajstić information content (AvgIpc) is 3.33. The molecule has 1 atom stereocenters. The van der Waals surface area contributed by atoms with Gasteiger partial charge in [-0.2, -0.15) is 0 Å². The lowest BCUT2D eigenvalue weighted by molar-refractivity contribution is -0.117. The van der Waals surface area contributed by atoms with Crippen LogP contribution in [0.5, 0.6) is 0 Å². The number of carbonyl (C=O) groups excluding carboxylic acids is 2. The summed E-state index contributed by atoms with van der Waals surface area (Å²) in [7, 11) is 0. The van der Waals surface area contributed by atoms with Crippen LogP contribution >= 0.6 is 11.3 Å². The first-order chi connectivity index (χ1) is 12.7. The first-order valence-corrected chi connectivity index (χ1v) is 9.25. The molecule has 1 aliphatic heterocycles. The van der Waals surface area contributed by atoms with Crippen LogP contribution < -0.4 is 10.2 Å². The molecule has 1 N–H and O–H groups in total. The quantitative estimate of drug-likeness (QED) is 0.764. The molecule has 1 fully saturated rings. The molecule has 3 aromatic rings. The summed E-state index contributed by atoms with van der Waals surface area (Å²) in [6, 6.07) is 17.2. The number of nitrogens with one attached hydrogen (secondary N) is 1. The molecule has 1 aliphatic rings. The van der Waals surface area contributed by atoms with Crippen molar-refractivity contribution in [3.05, 3.63) is 76.6 Å². The number of hydrogen-bond donors (Lipinski definition) is 1. The maximum Gasteiger partial charge on any atom is 0.266 e. The normalized spacial score (nSPS) is 16.7. The number of rotatable bonds is 4. The van der Waals surface area contributed by atoms with E-state index in [0.29, 0.717) is 23.7 Å². The molecule has 2 amide bonds. The van der Waals surface area contributed by atoms with Crippen molar-refractivity contribution >= 4 is 34.7 Å². The smallest absolute Gasteiger partial charge is 0.266 e. The second kappa shape index (κ2) is 7.09. The molecule has 2 aromatic heterocycles. The zero-order chi connectivity index (χ0) is 17.9. The molecule has 0 aliphatic carbocycles. The number of pyridine rings is 1. The van der Waals surface area contributed by atoms with Crippen LogP contribution in [-0.2, 0) is 4.79 Å². The number of thiophene rings is 1. The van der Waals surface area contributed by atoms with Crippen LogP contribution in [0.15, 0.2) is 66.2 Å². The first kappa shape index (κ1) is 16.5. The van der Waals surface area contributed by atoms with E-state index in [1.54, 1.807) is 29.3 Å². The molecule has 130 valence electrons. The van der Waals surface area contributed by atoms with Crippen molar-refractivity contribution in [2.24, 2.45) is 0 Å². The Bertz CT molecular complexity index is 925. The van der Waals surface area contributed by atoms with E-state index in [0.717, 1.165) is 5.69 Å². The van der Waals surface area contributed by atoms with E-state index in [-0.39, 0.29) is 17.7 Å². The molecule has 3 heterocycles. The van der Waals surface area contributed by atoms with Gasteiger partial charge in [0.15, 0.2) is 0 Å². The Morgan fingerprint density at radius 2 is 2.00 bits per heavy atom. The molecule has 1 unspecified atom stereocenters. The van der Waals surface area contributed by atoms with Crippen LogP contribution in [0.3, 0.4) is 0 Å². The van der Waals surface area contributed by atoms with Crippen LogP contribution in [-0.4, -0.2) is 23.3 Å². The lowest BCUT2D eigenvalue weighted by Gasteiger charge is -2.17. The molecule has 0 bridgehead atoms. The average molecular weight is 363 g/mol. The molecule has 1 aromatic carbocycles. The van der Waals surface area contributed by atoms with E-state index in [2.05, 4.69) is 22.4 Å². The molecule has 0 spiro atoms. The SMILES string of the molecule is O=C(Nc1cc(N2CC(c3ccccc3)CC2=O)ccn1)c1cccs1. The summed E-state index contributed by atoms with van der Waals surface area (Å²) in [5, 5.41) is 4.64. The molecule has 0 radical (unpaired) electrons. The fourth-order valence-corrected chi connectivity index (χ4v) is 3.77. The Morgan fingerprint density at radius 1 is 1.15 bits per heavy atom. The predicted molar refractivity (Wildman–Crippen MR) is 103 cm³/mol. The van der Waals surface area contributed by atoms with Gasteiger partial charge in [-0.3, -0.25) is 9.59 Å². The van der Waals surface area contributed by atoms with Gasteiger partial charge in [0, 0.05) is 36.8 Å². The minimum atomic E-state index is -0.195. The summed E-state index contributed by atoms with van der Waals surface area (Å²) in [4.78, 5) is 31.3. The van der Waals surface area contributed by atoms with Crippen molar-refractivity contribution < 1.29 is 9.59 Å². The zero-order valence-corrected chi connectivity index (χ0v) is 14.8. The molecule has 26 heavy (non-hydrogen) atoms. The molecule has 4 rings (SSSR count). The van der Waals surface area contributed by atoms with Gasteiger partial charge in [-0.25, -0.2) is 4.98 Å². The fourth-order valence-electron chi connectivity index (χ4n) is 3.15. The van der Waals surface area contributed by atoms with Crippen LogP contribution in [0.1, 0.15) is 27.6 Å². The fraction of sp³-hybridized carbons (Fsp3) is 0.150. The number of nitrogens with zero attached hydrogens (tertiary/aromatic N) is 2. The van der Waals surface area contributed by atoms with Gasteiger partial charge in [-0.05, 0) is 23.1 Å². The Balaban J connectivity index is 1.51. The Kier molecular flexibility index (Phi) is 4.50. The van der Waals surface area contributed by atoms with E-state index in [9.17, 15) is 9.59 Å². The van der Waals surface area contributed by atoms with Gasteiger partial charge < -0.3 is 10.2 Å². The molecule has 6 heteroatoms. The van der Waals surface area contributed by atoms with E-state index < -0.39 is 0 Å². The lowest BCUT2D eigenvalue weighted by Crippen LogP contribution is -2.24. The lowest BCUT2D eigenvalue weighted by atomic mass is 9.99. The summed E-state index contributed by atoms with van der Waals surface area (Å²) in [6.07, 6.45) is 2.10. The highest BCUT2D eigenvalue weighted by atomic mass is 32.1. The maximum absolute atomic E-state index is 12.5. The number of benzene rings is 1. The van der Waals surface area contributed by atoms with Crippen molar-refractivity contribution in [1.82, 2.24) is 4.98 Å². The van der Waals surface area contributed by atoms with Crippen molar-refractivity contribution in [1.29, 1.82) is 0 Å². The van der Waals surface area contributed by atoms with E-state index in [1.165, 1.54) is 16.9 Å². The van der Waals surface area contributed by atoms with E-state index >= 15 is 0 Å². The van der Waals surface area contributed by atoms with Crippen LogP contribution in [0.2, 0.25) is 0 Å². The highest BCUT2D eigenvalue weighted by molar-refractivity contribution is 7.12. The largest absolute Gasteiger partial charge is 0.312 e. The standard InChI is InChI=1S/C20H17N3O2S/c24-19-11-15(14-5-2-1-3-6-14)13-23(19)16-8-9-21-18(12-16)22-20(25)17-7-4-10-26-17/h1-10,12,15H,11,13H2,(H,21,22,25). The van der Waals surface area contributed by atoms with Crippen molar-refractivity contribution in [2.45, 2.75) is 12.3 Å². The number of hydrogen-bond acceptors (Lipinski definition) is 4. The Morgan fingerprint density at radius 3 is 2.77 bits per heavy atom. The monoisotopic (exact) mass is 363 g/mol. The highest BCUT2D eigenvalue weighted by Gasteiger charge is 2.31. The predicted octanol–water partition coefficient (Wildman–Crippen LogP) is 3.92. The van der Waals surface area contributed by atoms with E-state index in [1.807, 2.05) is 29.6 Å². The second-order valence-electron chi connectivity index (χ2n) is 6.15. The third-order valence-electron chi connectivity index (χ3n) is 4.44. The summed E-state index contributed by atoms with van der Waals surface area (Å²) in [5.41, 5.74) is 1.92. The first-order valence-electron chi connectivity index (χ1n) is 8.37. The summed E-state index contributed by atoms with van der Waals surface area (Å²) < 4.78 is 0. The summed E-state index contributed by atoms with van der Waals surface area (Å²) in [5.74, 6) is 0.512. The van der Waals surface area contributed by atoms with E-state index in [4.69, 9.17) is 0 Å². The minimum absolute atomic E-state index is 0.0839. The summed E-state index contributed by atoms with van der Waals surface area (Å²) in [6.45, 7) is 0.630. The third-order valence-corrected chi connectivity index (χ3v) is 5.31. The molecule has 0 saturated carbocycles. The van der Waals surface area contributed by atoms with Crippen LogP contribution in [0, 0.1) is 0 Å². The molecule has 5 nitrogen and oxygen atoms in total. The van der Waals surface area contributed by atoms with Gasteiger partial charge in [0.25, 0.3) is 5.91 Å². The maximum atomic E-state index is 12.5. The number of carbonyl (C=O) groups is 2. The van der Waals surface area contributed by atoms with Gasteiger partial charge in [0.05, 0.1) is 4.88 Å². The van der Waals surface area contributed by atoms with Gasteiger partial charge in [-0.15, -0.1) is 11.3 Å². The second-order valence-corrected chi connectivity index (χ2v) is 7.09. The Labute approximate surface area is 155 Å². The Hall–Kier alpha value is -2.99. The number of amides is 2. The van der Waals surface area contributed by atoms with Gasteiger partial charge >= 0.3 is 0 Å².